The highest BCUT2D eigenvalue weighted by atomic mass is 16.6. The molecule has 31 heavy (non-hydrogen) atoms. The Hall–Kier alpha value is -3.43. The fourth-order valence-electron chi connectivity index (χ4n) is 4.39. The van der Waals surface area contributed by atoms with Gasteiger partial charge in [0, 0.05) is 37.5 Å². The Morgan fingerprint density at radius 2 is 2.06 bits per heavy atom. The minimum Gasteiger partial charge on any atom is -0.393 e. The van der Waals surface area contributed by atoms with Crippen LogP contribution in [0.2, 0.25) is 0 Å². The lowest BCUT2D eigenvalue weighted by Gasteiger charge is -2.35. The van der Waals surface area contributed by atoms with E-state index in [2.05, 4.69) is 15.5 Å². The predicted octanol–water partition coefficient (Wildman–Crippen LogP) is 2.55. The number of benzene rings is 1. The first kappa shape index (κ1) is 20.8. The monoisotopic (exact) mass is 425 g/mol. The first-order chi connectivity index (χ1) is 15.0. The van der Waals surface area contributed by atoms with Crippen LogP contribution in [0.5, 0.6) is 0 Å². The summed E-state index contributed by atoms with van der Waals surface area (Å²) in [5, 5.41) is 17.1. The second-order valence-electron chi connectivity index (χ2n) is 8.06. The van der Waals surface area contributed by atoms with Gasteiger partial charge in [0.1, 0.15) is 11.5 Å². The van der Waals surface area contributed by atoms with E-state index >= 15 is 0 Å². The molecular formula is C21H27N7O3. The molecule has 0 bridgehead atoms. The largest absolute Gasteiger partial charge is 0.393 e. The van der Waals surface area contributed by atoms with Crippen LogP contribution in [0.25, 0.3) is 0 Å². The molecule has 0 saturated carbocycles. The Balaban J connectivity index is 1.67. The number of piperidine rings is 1. The smallest absolute Gasteiger partial charge is 0.294 e. The Bertz CT molecular complexity index is 1010. The fourth-order valence-corrected chi connectivity index (χ4v) is 4.39. The zero-order valence-corrected chi connectivity index (χ0v) is 17.6. The number of aryl methyl sites for hydroxylation is 1. The number of fused-ring (bicyclic) bond motifs is 1. The average molecular weight is 425 g/mol. The van der Waals surface area contributed by atoms with Crippen molar-refractivity contribution < 1.29 is 9.72 Å². The molecule has 1 aromatic carbocycles. The topological polar surface area (TPSA) is 139 Å². The molecule has 1 aromatic heterocycles. The maximum absolute atomic E-state index is 12.2. The van der Waals surface area contributed by atoms with Gasteiger partial charge in [-0.2, -0.15) is 4.98 Å². The van der Waals surface area contributed by atoms with E-state index < -0.39 is 4.92 Å². The number of hydrogen-bond donors (Lipinski definition) is 3. The molecule has 1 saturated heterocycles. The van der Waals surface area contributed by atoms with Crippen molar-refractivity contribution in [2.75, 3.05) is 36.1 Å². The molecule has 1 amide bonds. The second-order valence-corrected chi connectivity index (χ2v) is 8.06. The first-order valence-electron chi connectivity index (χ1n) is 10.6. The Kier molecular flexibility index (Phi) is 5.88. The Morgan fingerprint density at radius 1 is 1.26 bits per heavy atom. The number of carbonyl (C=O) groups is 1. The number of nitrogens with two attached hydrogens (primary N) is 1. The predicted molar refractivity (Wildman–Crippen MR) is 118 cm³/mol. The van der Waals surface area contributed by atoms with Gasteiger partial charge >= 0.3 is 0 Å². The number of aromatic nitrogens is 2. The first-order valence-corrected chi connectivity index (χ1v) is 10.6. The maximum atomic E-state index is 12.2. The highest BCUT2D eigenvalue weighted by Crippen LogP contribution is 2.33. The van der Waals surface area contributed by atoms with Crippen molar-refractivity contribution in [1.82, 2.24) is 15.3 Å². The van der Waals surface area contributed by atoms with Crippen LogP contribution in [0.3, 0.4) is 0 Å². The summed E-state index contributed by atoms with van der Waals surface area (Å²) in [5.74, 6) is 1.26. The lowest BCUT2D eigenvalue weighted by atomic mass is 9.93. The number of carbonyl (C=O) groups excluding carboxylic acids is 1. The number of nitro benzene ring substituents is 1. The third kappa shape index (κ3) is 4.37. The van der Waals surface area contributed by atoms with Gasteiger partial charge in [-0.05, 0) is 50.7 Å². The van der Waals surface area contributed by atoms with Crippen molar-refractivity contribution >= 4 is 34.7 Å². The van der Waals surface area contributed by atoms with Gasteiger partial charge in [0.25, 0.3) is 5.69 Å². The van der Waals surface area contributed by atoms with Gasteiger partial charge < -0.3 is 21.3 Å². The number of amides is 1. The molecule has 1 aliphatic carbocycles. The number of nitrogen functional groups attached to an aromatic ring is 1. The van der Waals surface area contributed by atoms with E-state index in [0.717, 1.165) is 62.1 Å². The summed E-state index contributed by atoms with van der Waals surface area (Å²) in [6.45, 7) is 1.46. The van der Waals surface area contributed by atoms with E-state index in [-0.39, 0.29) is 23.2 Å². The van der Waals surface area contributed by atoms with E-state index in [0.29, 0.717) is 18.2 Å². The summed E-state index contributed by atoms with van der Waals surface area (Å²) in [4.78, 5) is 34.6. The van der Waals surface area contributed by atoms with Gasteiger partial charge in [0.2, 0.25) is 11.9 Å². The average Bonchev–Trinajstić information content (AvgIpc) is 2.79. The minimum absolute atomic E-state index is 0.0557. The molecule has 2 aromatic rings. The van der Waals surface area contributed by atoms with Crippen LogP contribution in [-0.2, 0) is 17.6 Å². The van der Waals surface area contributed by atoms with Gasteiger partial charge in [0.15, 0.2) is 0 Å². The van der Waals surface area contributed by atoms with Crippen LogP contribution < -0.4 is 21.3 Å². The van der Waals surface area contributed by atoms with E-state index in [1.807, 2.05) is 0 Å². The maximum Gasteiger partial charge on any atom is 0.294 e. The molecule has 164 valence electrons. The van der Waals surface area contributed by atoms with Crippen molar-refractivity contribution in [3.63, 3.8) is 0 Å². The molecule has 10 heteroatoms. The van der Waals surface area contributed by atoms with Crippen LogP contribution in [0.15, 0.2) is 18.2 Å². The van der Waals surface area contributed by atoms with Crippen molar-refractivity contribution in [1.29, 1.82) is 0 Å². The lowest BCUT2D eigenvalue weighted by molar-refractivity contribution is -0.383. The van der Waals surface area contributed by atoms with Gasteiger partial charge in [-0.15, -0.1) is 0 Å². The van der Waals surface area contributed by atoms with Crippen LogP contribution in [0.4, 0.5) is 28.8 Å². The van der Waals surface area contributed by atoms with Crippen molar-refractivity contribution in [2.24, 2.45) is 5.92 Å². The molecule has 4 N–H and O–H groups in total. The lowest BCUT2D eigenvalue weighted by Crippen LogP contribution is -2.43. The molecule has 10 nitrogen and oxygen atoms in total. The minimum atomic E-state index is -0.508. The second kappa shape index (κ2) is 8.75. The quantitative estimate of drug-likeness (QED) is 0.377. The van der Waals surface area contributed by atoms with Crippen molar-refractivity contribution in [3.05, 3.63) is 39.6 Å². The number of rotatable bonds is 5. The highest BCUT2D eigenvalue weighted by molar-refractivity contribution is 5.79. The van der Waals surface area contributed by atoms with Crippen molar-refractivity contribution in [3.8, 4) is 0 Å². The van der Waals surface area contributed by atoms with Crippen molar-refractivity contribution in [2.45, 2.75) is 38.5 Å². The molecule has 1 fully saturated rings. The van der Waals surface area contributed by atoms with Crippen LogP contribution in [-0.4, -0.2) is 40.9 Å². The molecule has 1 unspecified atom stereocenters. The molecule has 1 atom stereocenters. The molecular weight excluding hydrogens is 398 g/mol. The number of nitro groups is 1. The van der Waals surface area contributed by atoms with Gasteiger partial charge in [0.05, 0.1) is 16.5 Å². The highest BCUT2D eigenvalue weighted by Gasteiger charge is 2.29. The molecule has 2 heterocycles. The summed E-state index contributed by atoms with van der Waals surface area (Å²) < 4.78 is 0. The zero-order valence-electron chi connectivity index (χ0n) is 17.6. The van der Waals surface area contributed by atoms with E-state index in [4.69, 9.17) is 15.7 Å². The summed E-state index contributed by atoms with van der Waals surface area (Å²) in [6, 6.07) is 4.56. The zero-order chi connectivity index (χ0) is 22.0. The fraction of sp³-hybridized carbons (Fsp3) is 0.476. The van der Waals surface area contributed by atoms with Crippen LogP contribution in [0.1, 0.15) is 36.9 Å². The standard InChI is InChI=1S/C21H27N7O3/c1-23-20(29)13-5-4-10-27(12-13)19-15-6-2-3-7-17(15)25-21(26-19)24-14-8-9-16(22)18(11-14)28(30)31/h8-9,11,13H,2-7,10,12,22H2,1H3,(H,23,29)(H,24,25,26). The third-order valence-electron chi connectivity index (χ3n) is 5.98. The van der Waals surface area contributed by atoms with E-state index in [9.17, 15) is 14.9 Å². The number of nitrogens with one attached hydrogen (secondary N) is 2. The molecule has 1 aliphatic heterocycles. The SMILES string of the molecule is CNC(=O)C1CCCN(c2nc(Nc3ccc(N)c([N+](=O)[O-])c3)nc3c2CCCC3)C1. The van der Waals surface area contributed by atoms with Gasteiger partial charge in [-0.1, -0.05) is 0 Å². The van der Waals surface area contributed by atoms with E-state index in [1.54, 1.807) is 13.1 Å². The normalized spacial score (nSPS) is 18.2. The molecule has 0 spiro atoms. The number of hydrogen-bond acceptors (Lipinski definition) is 8. The summed E-state index contributed by atoms with van der Waals surface area (Å²) in [7, 11) is 1.67. The summed E-state index contributed by atoms with van der Waals surface area (Å²) >= 11 is 0. The summed E-state index contributed by atoms with van der Waals surface area (Å²) in [6.07, 6.45) is 5.73. The molecule has 0 radical (unpaired) electrons. The number of anilines is 4. The molecule has 2 aliphatic rings. The van der Waals surface area contributed by atoms with Gasteiger partial charge in [-0.25, -0.2) is 4.98 Å². The van der Waals surface area contributed by atoms with Gasteiger partial charge in [-0.3, -0.25) is 14.9 Å². The van der Waals surface area contributed by atoms with E-state index in [1.165, 1.54) is 12.1 Å². The van der Waals surface area contributed by atoms with Crippen LogP contribution >= 0.6 is 0 Å². The molecule has 4 rings (SSSR count). The third-order valence-corrected chi connectivity index (χ3v) is 5.98. The number of nitrogens with zero attached hydrogens (tertiary/aromatic N) is 4. The Morgan fingerprint density at radius 3 is 2.84 bits per heavy atom. The summed E-state index contributed by atoms with van der Waals surface area (Å²) in [5.41, 5.74) is 8.31. The Labute approximate surface area is 180 Å². The van der Waals surface area contributed by atoms with Crippen LogP contribution in [0, 0.1) is 16.0 Å².